The summed E-state index contributed by atoms with van der Waals surface area (Å²) >= 11 is 3.37. The third-order valence-electron chi connectivity index (χ3n) is 4.47. The number of ether oxygens (including phenoxy) is 2. The minimum absolute atomic E-state index is 0.154. The van der Waals surface area contributed by atoms with E-state index in [1.165, 1.54) is 7.11 Å². The average Bonchev–Trinajstić information content (AvgIpc) is 3.29. The molecule has 1 amide bonds. The molecule has 2 heterocycles. The highest BCUT2D eigenvalue weighted by Gasteiger charge is 2.34. The van der Waals surface area contributed by atoms with Crippen LogP contribution in [0.3, 0.4) is 0 Å². The third kappa shape index (κ3) is 4.38. The second-order valence-corrected chi connectivity index (χ2v) is 8.55. The van der Waals surface area contributed by atoms with Gasteiger partial charge in [0.05, 0.1) is 30.6 Å². The zero-order valence-electron chi connectivity index (χ0n) is 16.4. The minimum atomic E-state index is -0.541. The molecular weight excluding hydrogens is 426 g/mol. The van der Waals surface area contributed by atoms with E-state index in [1.54, 1.807) is 23.2 Å². The maximum Gasteiger partial charge on any atom is 0.410 e. The van der Waals surface area contributed by atoms with E-state index in [9.17, 15) is 9.59 Å². The van der Waals surface area contributed by atoms with E-state index in [0.717, 1.165) is 24.1 Å². The van der Waals surface area contributed by atoms with Crippen molar-refractivity contribution in [2.24, 2.45) is 0 Å². The van der Waals surface area contributed by atoms with Crippen molar-refractivity contribution >= 4 is 28.0 Å². The van der Waals surface area contributed by atoms with Crippen LogP contribution in [0.2, 0.25) is 0 Å². The largest absolute Gasteiger partial charge is 0.465 e. The maximum absolute atomic E-state index is 12.5. The Hall–Kier alpha value is -2.35. The number of halogens is 1. The van der Waals surface area contributed by atoms with Crippen LogP contribution in [0.25, 0.3) is 11.3 Å². The van der Waals surface area contributed by atoms with E-state index in [2.05, 4.69) is 25.9 Å². The standard InChI is InChI=1S/C20H24BrN3O4/c1-20(2,3)28-19(26)24-9-5-6-16(24)17-22-11-15(23-17)12-7-8-14(21)13(10-12)18(25)27-4/h7-8,10-11,16H,5-6,9H2,1-4H3,(H,22,23)/t16-/m1/s1. The van der Waals surface area contributed by atoms with E-state index in [4.69, 9.17) is 9.47 Å². The molecule has 1 aromatic heterocycles. The van der Waals surface area contributed by atoms with Crippen LogP contribution >= 0.6 is 15.9 Å². The molecule has 1 aliphatic rings. The summed E-state index contributed by atoms with van der Waals surface area (Å²) in [4.78, 5) is 33.9. The van der Waals surface area contributed by atoms with Gasteiger partial charge < -0.3 is 14.5 Å². The molecule has 8 heteroatoms. The van der Waals surface area contributed by atoms with Crippen molar-refractivity contribution in [2.75, 3.05) is 13.7 Å². The van der Waals surface area contributed by atoms with E-state index in [1.807, 2.05) is 26.8 Å². The Morgan fingerprint density at radius 3 is 2.75 bits per heavy atom. The van der Waals surface area contributed by atoms with E-state index >= 15 is 0 Å². The Kier molecular flexibility index (Phi) is 5.79. The lowest BCUT2D eigenvalue weighted by Gasteiger charge is -2.27. The molecule has 1 saturated heterocycles. The number of methoxy groups -OCH3 is 1. The molecule has 1 aliphatic heterocycles. The van der Waals surface area contributed by atoms with Crippen LogP contribution in [0.4, 0.5) is 4.79 Å². The highest BCUT2D eigenvalue weighted by molar-refractivity contribution is 9.10. The van der Waals surface area contributed by atoms with Gasteiger partial charge in [-0.2, -0.15) is 0 Å². The Bertz CT molecular complexity index is 888. The van der Waals surface area contributed by atoms with Crippen LogP contribution < -0.4 is 0 Å². The molecule has 1 aromatic carbocycles. The molecule has 0 unspecified atom stereocenters. The molecule has 0 saturated carbocycles. The quantitative estimate of drug-likeness (QED) is 0.686. The van der Waals surface area contributed by atoms with Gasteiger partial charge in [0.2, 0.25) is 0 Å². The Morgan fingerprint density at radius 1 is 1.32 bits per heavy atom. The number of nitrogens with one attached hydrogen (secondary N) is 1. The van der Waals surface area contributed by atoms with Gasteiger partial charge in [0.1, 0.15) is 11.4 Å². The number of H-pyrrole nitrogens is 1. The molecule has 1 atom stereocenters. The molecule has 3 rings (SSSR count). The highest BCUT2D eigenvalue weighted by atomic mass is 79.9. The number of hydrogen-bond donors (Lipinski definition) is 1. The molecule has 1 N–H and O–H groups in total. The number of carbonyl (C=O) groups excluding carboxylic acids is 2. The molecular formula is C20H24BrN3O4. The lowest BCUT2D eigenvalue weighted by Crippen LogP contribution is -2.36. The van der Waals surface area contributed by atoms with Crippen molar-refractivity contribution in [1.82, 2.24) is 14.9 Å². The lowest BCUT2D eigenvalue weighted by atomic mass is 10.1. The minimum Gasteiger partial charge on any atom is -0.465 e. The van der Waals surface area contributed by atoms with Crippen molar-refractivity contribution in [3.63, 3.8) is 0 Å². The molecule has 28 heavy (non-hydrogen) atoms. The Morgan fingerprint density at radius 2 is 2.07 bits per heavy atom. The predicted octanol–water partition coefficient (Wildman–Crippen LogP) is 4.70. The number of aromatic nitrogens is 2. The summed E-state index contributed by atoms with van der Waals surface area (Å²) in [7, 11) is 1.35. The van der Waals surface area contributed by atoms with Gasteiger partial charge in [-0.15, -0.1) is 0 Å². The SMILES string of the molecule is COC(=O)c1cc(-c2cnc([C@H]3CCCN3C(=O)OC(C)(C)C)[nH]2)ccc1Br. The number of nitrogens with zero attached hydrogens (tertiary/aromatic N) is 2. The summed E-state index contributed by atoms with van der Waals surface area (Å²) in [5.41, 5.74) is 1.47. The van der Waals surface area contributed by atoms with Crippen LogP contribution in [0.5, 0.6) is 0 Å². The van der Waals surface area contributed by atoms with Gasteiger partial charge in [-0.05, 0) is 61.7 Å². The molecule has 2 aromatic rings. The smallest absolute Gasteiger partial charge is 0.410 e. The molecule has 0 aliphatic carbocycles. The number of amides is 1. The highest BCUT2D eigenvalue weighted by Crippen LogP contribution is 2.33. The van der Waals surface area contributed by atoms with E-state index < -0.39 is 11.6 Å². The fraction of sp³-hybridized carbons (Fsp3) is 0.450. The van der Waals surface area contributed by atoms with Crippen molar-refractivity contribution in [2.45, 2.75) is 45.3 Å². The van der Waals surface area contributed by atoms with Gasteiger partial charge in [0, 0.05) is 16.6 Å². The second-order valence-electron chi connectivity index (χ2n) is 7.70. The number of esters is 1. The van der Waals surface area contributed by atoms with Gasteiger partial charge >= 0.3 is 12.1 Å². The van der Waals surface area contributed by atoms with Crippen LogP contribution in [0.1, 0.15) is 55.8 Å². The fourth-order valence-corrected chi connectivity index (χ4v) is 3.61. The van der Waals surface area contributed by atoms with Crippen molar-refractivity contribution in [3.05, 3.63) is 40.3 Å². The zero-order valence-corrected chi connectivity index (χ0v) is 18.0. The maximum atomic E-state index is 12.5. The van der Waals surface area contributed by atoms with Crippen molar-refractivity contribution in [1.29, 1.82) is 0 Å². The first kappa shape index (κ1) is 20.4. The van der Waals surface area contributed by atoms with Gasteiger partial charge in [0.25, 0.3) is 0 Å². The normalized spacial score (nSPS) is 16.9. The lowest BCUT2D eigenvalue weighted by molar-refractivity contribution is 0.0218. The number of carbonyl (C=O) groups is 2. The first-order valence-corrected chi connectivity index (χ1v) is 9.91. The molecule has 1 fully saturated rings. The summed E-state index contributed by atoms with van der Waals surface area (Å²) in [5, 5.41) is 0. The summed E-state index contributed by atoms with van der Waals surface area (Å²) in [5.74, 6) is 0.293. The molecule has 0 bridgehead atoms. The van der Waals surface area contributed by atoms with Gasteiger partial charge in [-0.3, -0.25) is 4.90 Å². The first-order valence-electron chi connectivity index (χ1n) is 9.12. The van der Waals surface area contributed by atoms with Crippen molar-refractivity contribution in [3.8, 4) is 11.3 Å². The van der Waals surface area contributed by atoms with Gasteiger partial charge in [-0.1, -0.05) is 6.07 Å². The number of hydrogen-bond acceptors (Lipinski definition) is 5. The molecule has 0 radical (unpaired) electrons. The molecule has 7 nitrogen and oxygen atoms in total. The summed E-state index contributed by atoms with van der Waals surface area (Å²) in [6.07, 6.45) is 3.10. The van der Waals surface area contributed by atoms with Crippen LogP contribution in [0, 0.1) is 0 Å². The molecule has 0 spiro atoms. The van der Waals surface area contributed by atoms with E-state index in [-0.39, 0.29) is 12.1 Å². The number of likely N-dealkylation sites (tertiary alicyclic amines) is 1. The summed E-state index contributed by atoms with van der Waals surface area (Å²) in [6.45, 7) is 6.20. The topological polar surface area (TPSA) is 84.5 Å². The van der Waals surface area contributed by atoms with E-state index in [0.29, 0.717) is 22.4 Å². The Balaban J connectivity index is 1.84. The van der Waals surface area contributed by atoms with Crippen LogP contribution in [-0.2, 0) is 9.47 Å². The fourth-order valence-electron chi connectivity index (χ4n) is 3.20. The van der Waals surface area contributed by atoms with Gasteiger partial charge in [-0.25, -0.2) is 14.6 Å². The van der Waals surface area contributed by atoms with Crippen molar-refractivity contribution < 1.29 is 19.1 Å². The summed E-state index contributed by atoms with van der Waals surface area (Å²) in [6, 6.07) is 5.27. The number of benzene rings is 1. The Labute approximate surface area is 172 Å². The molecule has 150 valence electrons. The predicted molar refractivity (Wildman–Crippen MR) is 108 cm³/mol. The third-order valence-corrected chi connectivity index (χ3v) is 5.17. The average molecular weight is 450 g/mol. The number of aromatic amines is 1. The van der Waals surface area contributed by atoms with Crippen LogP contribution in [-0.4, -0.2) is 46.2 Å². The van der Waals surface area contributed by atoms with Gasteiger partial charge in [0.15, 0.2) is 0 Å². The number of rotatable bonds is 3. The zero-order chi connectivity index (χ0) is 20.5. The first-order chi connectivity index (χ1) is 13.2. The second kappa shape index (κ2) is 7.95. The monoisotopic (exact) mass is 449 g/mol. The van der Waals surface area contributed by atoms with Crippen LogP contribution in [0.15, 0.2) is 28.9 Å². The summed E-state index contributed by atoms with van der Waals surface area (Å²) < 4.78 is 11.0. The number of imidazole rings is 1.